The van der Waals surface area contributed by atoms with Crippen LogP contribution >= 0.6 is 15.9 Å². The fraction of sp³-hybridized carbons (Fsp3) is 0.231. The Bertz CT molecular complexity index is 569. The fourth-order valence-electron chi connectivity index (χ4n) is 1.65. The van der Waals surface area contributed by atoms with E-state index in [9.17, 15) is 13.2 Å². The lowest BCUT2D eigenvalue weighted by atomic mass is 10.1. The van der Waals surface area contributed by atoms with E-state index < -0.39 is 6.36 Å². The zero-order valence-electron chi connectivity index (χ0n) is 10.4. The van der Waals surface area contributed by atoms with E-state index in [0.717, 1.165) is 5.56 Å². The normalized spacial score (nSPS) is 13.1. The largest absolute Gasteiger partial charge is 0.573 e. The Kier molecular flexibility index (Phi) is 4.27. The first-order valence-electron chi connectivity index (χ1n) is 5.69. The highest BCUT2D eigenvalue weighted by Gasteiger charge is 2.31. The first-order valence-corrected chi connectivity index (χ1v) is 6.48. The number of rotatable bonds is 4. The molecule has 0 radical (unpaired) electrons. The van der Waals surface area contributed by atoms with Crippen LogP contribution in [0.3, 0.4) is 0 Å². The van der Waals surface area contributed by atoms with Crippen molar-refractivity contribution in [2.75, 3.05) is 5.32 Å². The number of benzene rings is 1. The van der Waals surface area contributed by atoms with Crippen LogP contribution in [0.5, 0.6) is 5.75 Å². The molecule has 0 saturated carbocycles. The van der Waals surface area contributed by atoms with Crippen LogP contribution < -0.4 is 10.1 Å². The van der Waals surface area contributed by atoms with Gasteiger partial charge in [0.25, 0.3) is 0 Å². The highest BCUT2D eigenvalue weighted by molar-refractivity contribution is 9.10. The van der Waals surface area contributed by atoms with E-state index in [0.29, 0.717) is 5.69 Å². The molecule has 0 aliphatic rings. The number of hydrogen-bond acceptors (Lipinski definition) is 3. The molecule has 0 aliphatic carbocycles. The molecule has 2 aromatic rings. The minimum Gasteiger partial charge on any atom is -0.472 e. The average molecular weight is 350 g/mol. The molecule has 0 saturated heterocycles. The smallest absolute Gasteiger partial charge is 0.472 e. The molecule has 0 fully saturated rings. The number of ether oxygens (including phenoxy) is 1. The van der Waals surface area contributed by atoms with Crippen molar-refractivity contribution in [3.63, 3.8) is 0 Å². The average Bonchev–Trinajstić information content (AvgIpc) is 2.85. The predicted octanol–water partition coefficient (Wildman–Crippen LogP) is 5.11. The van der Waals surface area contributed by atoms with E-state index in [2.05, 4.69) is 26.0 Å². The molecule has 1 unspecified atom stereocenters. The molecule has 3 nitrogen and oxygen atoms in total. The van der Waals surface area contributed by atoms with Crippen LogP contribution in [0.25, 0.3) is 0 Å². The molecule has 0 aliphatic heterocycles. The van der Waals surface area contributed by atoms with E-state index in [-0.39, 0.29) is 16.3 Å². The predicted molar refractivity (Wildman–Crippen MR) is 71.6 cm³/mol. The number of furan rings is 1. The fourth-order valence-corrected chi connectivity index (χ4v) is 2.11. The van der Waals surface area contributed by atoms with Crippen molar-refractivity contribution in [3.05, 3.63) is 46.8 Å². The van der Waals surface area contributed by atoms with Crippen molar-refractivity contribution >= 4 is 21.6 Å². The number of halogens is 4. The van der Waals surface area contributed by atoms with Crippen LogP contribution in [0.4, 0.5) is 18.9 Å². The Morgan fingerprint density at radius 3 is 2.60 bits per heavy atom. The van der Waals surface area contributed by atoms with Gasteiger partial charge in [0.05, 0.1) is 23.0 Å². The van der Waals surface area contributed by atoms with Crippen LogP contribution in [0.2, 0.25) is 0 Å². The molecule has 1 aromatic carbocycles. The molecule has 1 atom stereocenters. The summed E-state index contributed by atoms with van der Waals surface area (Å²) >= 11 is 3.05. The summed E-state index contributed by atoms with van der Waals surface area (Å²) in [5, 5.41) is 3.15. The first kappa shape index (κ1) is 14.8. The third-order valence-electron chi connectivity index (χ3n) is 2.58. The highest BCUT2D eigenvalue weighted by atomic mass is 79.9. The molecule has 7 heteroatoms. The zero-order chi connectivity index (χ0) is 14.8. The molecule has 0 amide bonds. The Balaban J connectivity index is 2.09. The Morgan fingerprint density at radius 1 is 1.30 bits per heavy atom. The SMILES string of the molecule is CC(Nc1ccc(OC(F)(F)F)c(Br)c1)c1ccoc1. The lowest BCUT2D eigenvalue weighted by molar-refractivity contribution is -0.274. The second-order valence-electron chi connectivity index (χ2n) is 4.12. The lowest BCUT2D eigenvalue weighted by Crippen LogP contribution is -2.17. The van der Waals surface area contributed by atoms with Gasteiger partial charge in [-0.2, -0.15) is 0 Å². The number of anilines is 1. The Labute approximate surface area is 121 Å². The molecular formula is C13H11BrF3NO2. The topological polar surface area (TPSA) is 34.4 Å². The van der Waals surface area contributed by atoms with Crippen LogP contribution in [0.1, 0.15) is 18.5 Å². The van der Waals surface area contributed by atoms with Crippen molar-refractivity contribution in [2.45, 2.75) is 19.3 Å². The van der Waals surface area contributed by atoms with Crippen molar-refractivity contribution in [3.8, 4) is 5.75 Å². The van der Waals surface area contributed by atoms with Crippen molar-refractivity contribution in [1.29, 1.82) is 0 Å². The summed E-state index contributed by atoms with van der Waals surface area (Å²) in [5.41, 5.74) is 1.61. The van der Waals surface area contributed by atoms with Crippen LogP contribution in [-0.2, 0) is 0 Å². The maximum absolute atomic E-state index is 12.1. The van der Waals surface area contributed by atoms with E-state index in [1.165, 1.54) is 18.2 Å². The molecule has 0 bridgehead atoms. The molecule has 1 aromatic heterocycles. The van der Waals surface area contributed by atoms with Gasteiger partial charge in [-0.3, -0.25) is 0 Å². The van der Waals surface area contributed by atoms with E-state index in [1.807, 2.05) is 13.0 Å². The Hall–Kier alpha value is -1.63. The third kappa shape index (κ3) is 3.93. The molecule has 1 heterocycles. The van der Waals surface area contributed by atoms with Crippen molar-refractivity contribution in [2.24, 2.45) is 0 Å². The van der Waals surface area contributed by atoms with Gasteiger partial charge in [0.1, 0.15) is 5.75 Å². The van der Waals surface area contributed by atoms with Crippen LogP contribution in [0, 0.1) is 0 Å². The van der Waals surface area contributed by atoms with Crippen LogP contribution in [-0.4, -0.2) is 6.36 Å². The molecule has 108 valence electrons. The summed E-state index contributed by atoms with van der Waals surface area (Å²) in [6.07, 6.45) is -1.54. The molecule has 2 rings (SSSR count). The molecule has 20 heavy (non-hydrogen) atoms. The number of nitrogens with one attached hydrogen (secondary N) is 1. The van der Waals surface area contributed by atoms with Gasteiger partial charge in [0.2, 0.25) is 0 Å². The zero-order valence-corrected chi connectivity index (χ0v) is 12.0. The van der Waals surface area contributed by atoms with Gasteiger partial charge >= 0.3 is 6.36 Å². The van der Waals surface area contributed by atoms with Gasteiger partial charge in [0.15, 0.2) is 0 Å². The lowest BCUT2D eigenvalue weighted by Gasteiger charge is -2.15. The van der Waals surface area contributed by atoms with Crippen molar-refractivity contribution in [1.82, 2.24) is 0 Å². The number of alkyl halides is 3. The number of hydrogen-bond donors (Lipinski definition) is 1. The van der Waals surface area contributed by atoms with E-state index in [1.54, 1.807) is 12.5 Å². The second-order valence-corrected chi connectivity index (χ2v) is 4.97. The Morgan fingerprint density at radius 2 is 2.05 bits per heavy atom. The van der Waals surface area contributed by atoms with Crippen LogP contribution in [0.15, 0.2) is 45.7 Å². The van der Waals surface area contributed by atoms with Gasteiger partial charge < -0.3 is 14.5 Å². The summed E-state index contributed by atoms with van der Waals surface area (Å²) in [4.78, 5) is 0. The first-order chi connectivity index (χ1) is 9.35. The maximum Gasteiger partial charge on any atom is 0.573 e. The van der Waals surface area contributed by atoms with E-state index in [4.69, 9.17) is 4.42 Å². The van der Waals surface area contributed by atoms with Gasteiger partial charge in [-0.05, 0) is 47.1 Å². The summed E-state index contributed by atoms with van der Waals surface area (Å²) in [6.45, 7) is 1.92. The summed E-state index contributed by atoms with van der Waals surface area (Å²) in [7, 11) is 0. The minimum absolute atomic E-state index is 0.0324. The quantitative estimate of drug-likeness (QED) is 0.832. The monoisotopic (exact) mass is 349 g/mol. The molecule has 0 spiro atoms. The van der Waals surface area contributed by atoms with Gasteiger partial charge in [-0.15, -0.1) is 13.2 Å². The minimum atomic E-state index is -4.71. The summed E-state index contributed by atoms with van der Waals surface area (Å²) in [5.74, 6) is -0.279. The summed E-state index contributed by atoms with van der Waals surface area (Å²) < 4.78 is 45.5. The highest BCUT2D eigenvalue weighted by Crippen LogP contribution is 2.33. The summed E-state index contributed by atoms with van der Waals surface area (Å²) in [6, 6.07) is 6.07. The van der Waals surface area contributed by atoms with Gasteiger partial charge in [0, 0.05) is 11.3 Å². The van der Waals surface area contributed by atoms with E-state index >= 15 is 0 Å². The molecular weight excluding hydrogens is 339 g/mol. The third-order valence-corrected chi connectivity index (χ3v) is 3.20. The molecule has 1 N–H and O–H groups in total. The standard InChI is InChI=1S/C13H11BrF3NO2/c1-8(9-4-5-19-7-9)18-10-2-3-12(11(14)6-10)20-13(15,16)17/h2-8,18H,1H3. The maximum atomic E-state index is 12.1. The van der Waals surface area contributed by atoms with Crippen molar-refractivity contribution < 1.29 is 22.3 Å². The van der Waals surface area contributed by atoms with Gasteiger partial charge in [-0.1, -0.05) is 0 Å². The second kappa shape index (κ2) is 5.78. The van der Waals surface area contributed by atoms with Gasteiger partial charge in [-0.25, -0.2) is 0 Å².